The molecule has 0 aromatic heterocycles. The van der Waals surface area contributed by atoms with E-state index in [0.29, 0.717) is 18.0 Å². The minimum Gasteiger partial charge on any atom is -0.478 e. The molecule has 1 aromatic carbocycles. The van der Waals surface area contributed by atoms with Crippen molar-refractivity contribution >= 4 is 17.6 Å². The lowest BCUT2D eigenvalue weighted by atomic mass is 9.99. The quantitative estimate of drug-likeness (QED) is 0.826. The molecule has 0 heterocycles. The Bertz CT molecular complexity index is 464. The average molecular weight is 263 g/mol. The van der Waals surface area contributed by atoms with Gasteiger partial charge in [-0.3, -0.25) is 4.79 Å². The molecule has 104 valence electrons. The molecule has 0 radical (unpaired) electrons. The van der Waals surface area contributed by atoms with Crippen molar-refractivity contribution in [2.45, 2.75) is 40.0 Å². The van der Waals surface area contributed by atoms with Crippen molar-refractivity contribution in [1.29, 1.82) is 0 Å². The molecular weight excluding hydrogens is 242 g/mol. The Balaban J connectivity index is 2.78. The van der Waals surface area contributed by atoms with Crippen LogP contribution in [0.25, 0.3) is 0 Å². The Kier molecular flexibility index (Phi) is 5.55. The molecule has 4 heteroatoms. The largest absolute Gasteiger partial charge is 0.478 e. The van der Waals surface area contributed by atoms with Gasteiger partial charge in [-0.15, -0.1) is 0 Å². The van der Waals surface area contributed by atoms with Crippen molar-refractivity contribution in [2.24, 2.45) is 5.92 Å². The third-order valence-electron chi connectivity index (χ3n) is 3.39. The Morgan fingerprint density at radius 1 is 1.26 bits per heavy atom. The number of anilines is 1. The number of carbonyl (C=O) groups excluding carboxylic acids is 1. The van der Waals surface area contributed by atoms with E-state index in [2.05, 4.69) is 19.2 Å². The van der Waals surface area contributed by atoms with Crippen LogP contribution in [0.15, 0.2) is 18.2 Å². The summed E-state index contributed by atoms with van der Waals surface area (Å²) in [6.07, 6.45) is 2.42. The number of carbonyl (C=O) groups is 2. The Hall–Kier alpha value is -1.84. The fraction of sp³-hybridized carbons (Fsp3) is 0.467. The number of aryl methyl sites for hydroxylation is 1. The van der Waals surface area contributed by atoms with Crippen LogP contribution < -0.4 is 5.32 Å². The molecule has 0 bridgehead atoms. The van der Waals surface area contributed by atoms with Gasteiger partial charge in [-0.1, -0.05) is 32.8 Å². The van der Waals surface area contributed by atoms with Gasteiger partial charge in [0.15, 0.2) is 0 Å². The highest BCUT2D eigenvalue weighted by Gasteiger charge is 2.12. The molecule has 0 aliphatic rings. The summed E-state index contributed by atoms with van der Waals surface area (Å²) in [6, 6.07) is 4.74. The number of aromatic carboxylic acids is 1. The van der Waals surface area contributed by atoms with E-state index in [-0.39, 0.29) is 11.5 Å². The fourth-order valence-electron chi connectivity index (χ4n) is 1.93. The second kappa shape index (κ2) is 6.92. The minimum atomic E-state index is -0.990. The molecule has 0 saturated carbocycles. The molecule has 1 amide bonds. The van der Waals surface area contributed by atoms with Gasteiger partial charge in [0.2, 0.25) is 5.91 Å². The molecular formula is C15H21NO3. The van der Waals surface area contributed by atoms with Gasteiger partial charge in [0, 0.05) is 12.1 Å². The summed E-state index contributed by atoms with van der Waals surface area (Å²) in [5, 5.41) is 11.7. The standard InChI is InChI=1S/C15H21NO3/c1-4-11(5-2)8-14(17)16-13-9-12(15(18)19)7-6-10(13)3/h6-7,9,11H,4-5,8H2,1-3H3,(H,16,17)(H,18,19). The molecule has 2 N–H and O–H groups in total. The zero-order valence-electron chi connectivity index (χ0n) is 11.7. The molecule has 4 nitrogen and oxygen atoms in total. The van der Waals surface area contributed by atoms with Crippen LogP contribution in [0.1, 0.15) is 49.0 Å². The van der Waals surface area contributed by atoms with Crippen molar-refractivity contribution < 1.29 is 14.7 Å². The summed E-state index contributed by atoms with van der Waals surface area (Å²) in [5.74, 6) is -0.669. The Labute approximate surface area is 113 Å². The van der Waals surface area contributed by atoms with E-state index in [4.69, 9.17) is 5.11 Å². The number of hydrogen-bond donors (Lipinski definition) is 2. The molecule has 1 rings (SSSR count). The average Bonchev–Trinajstić information content (AvgIpc) is 2.38. The van der Waals surface area contributed by atoms with Crippen molar-refractivity contribution in [1.82, 2.24) is 0 Å². The second-order valence-corrected chi connectivity index (χ2v) is 4.77. The number of carboxylic acid groups (broad SMARTS) is 1. The van der Waals surface area contributed by atoms with Gasteiger partial charge in [0.05, 0.1) is 5.56 Å². The maximum atomic E-state index is 11.9. The van der Waals surface area contributed by atoms with E-state index in [9.17, 15) is 9.59 Å². The van der Waals surface area contributed by atoms with Crippen LogP contribution in [-0.2, 0) is 4.79 Å². The van der Waals surface area contributed by atoms with Gasteiger partial charge in [-0.05, 0) is 30.5 Å². The number of hydrogen-bond acceptors (Lipinski definition) is 2. The first-order chi connectivity index (χ1) is 8.97. The smallest absolute Gasteiger partial charge is 0.335 e. The van der Waals surface area contributed by atoms with Gasteiger partial charge in [-0.25, -0.2) is 4.79 Å². The zero-order chi connectivity index (χ0) is 14.4. The van der Waals surface area contributed by atoms with Crippen LogP contribution in [0.2, 0.25) is 0 Å². The Morgan fingerprint density at radius 2 is 1.89 bits per heavy atom. The van der Waals surface area contributed by atoms with Crippen molar-refractivity contribution in [3.8, 4) is 0 Å². The van der Waals surface area contributed by atoms with E-state index >= 15 is 0 Å². The van der Waals surface area contributed by atoms with Crippen LogP contribution in [-0.4, -0.2) is 17.0 Å². The summed E-state index contributed by atoms with van der Waals surface area (Å²) < 4.78 is 0. The van der Waals surface area contributed by atoms with Crippen LogP contribution >= 0.6 is 0 Å². The highest BCUT2D eigenvalue weighted by Crippen LogP contribution is 2.19. The number of rotatable bonds is 6. The van der Waals surface area contributed by atoms with E-state index in [1.54, 1.807) is 6.07 Å². The highest BCUT2D eigenvalue weighted by molar-refractivity contribution is 5.94. The number of carboxylic acids is 1. The number of nitrogens with one attached hydrogen (secondary N) is 1. The third kappa shape index (κ3) is 4.39. The van der Waals surface area contributed by atoms with Crippen molar-refractivity contribution in [3.05, 3.63) is 29.3 Å². The van der Waals surface area contributed by atoms with Gasteiger partial charge in [-0.2, -0.15) is 0 Å². The summed E-state index contributed by atoms with van der Waals surface area (Å²) in [5.41, 5.74) is 1.63. The molecule has 0 atom stereocenters. The van der Waals surface area contributed by atoms with E-state index < -0.39 is 5.97 Å². The van der Waals surface area contributed by atoms with Gasteiger partial charge in [0.25, 0.3) is 0 Å². The molecule has 0 spiro atoms. The zero-order valence-corrected chi connectivity index (χ0v) is 11.7. The van der Waals surface area contributed by atoms with Crippen LogP contribution in [0.5, 0.6) is 0 Å². The third-order valence-corrected chi connectivity index (χ3v) is 3.39. The van der Waals surface area contributed by atoms with Crippen molar-refractivity contribution in [3.63, 3.8) is 0 Å². The minimum absolute atomic E-state index is 0.0562. The summed E-state index contributed by atoms with van der Waals surface area (Å²) in [6.45, 7) is 5.98. The monoisotopic (exact) mass is 263 g/mol. The molecule has 0 fully saturated rings. The first-order valence-corrected chi connectivity index (χ1v) is 6.61. The van der Waals surface area contributed by atoms with Crippen LogP contribution in [0.4, 0.5) is 5.69 Å². The van der Waals surface area contributed by atoms with Crippen LogP contribution in [0, 0.1) is 12.8 Å². The normalized spacial score (nSPS) is 10.5. The predicted molar refractivity (Wildman–Crippen MR) is 75.5 cm³/mol. The topological polar surface area (TPSA) is 66.4 Å². The number of benzene rings is 1. The summed E-state index contributed by atoms with van der Waals surface area (Å²) in [7, 11) is 0. The van der Waals surface area contributed by atoms with Gasteiger partial charge < -0.3 is 10.4 Å². The lowest BCUT2D eigenvalue weighted by Gasteiger charge is -2.13. The predicted octanol–water partition coefficient (Wildman–Crippen LogP) is 3.46. The van der Waals surface area contributed by atoms with Gasteiger partial charge in [0.1, 0.15) is 0 Å². The summed E-state index contributed by atoms with van der Waals surface area (Å²) >= 11 is 0. The maximum Gasteiger partial charge on any atom is 0.335 e. The molecule has 0 aliphatic carbocycles. The SMILES string of the molecule is CCC(CC)CC(=O)Nc1cc(C(=O)O)ccc1C. The van der Waals surface area contributed by atoms with E-state index in [0.717, 1.165) is 18.4 Å². The molecule has 0 unspecified atom stereocenters. The first-order valence-electron chi connectivity index (χ1n) is 6.61. The van der Waals surface area contributed by atoms with Gasteiger partial charge >= 0.3 is 5.97 Å². The molecule has 1 aromatic rings. The van der Waals surface area contributed by atoms with Crippen molar-refractivity contribution in [2.75, 3.05) is 5.32 Å². The molecule has 19 heavy (non-hydrogen) atoms. The molecule has 0 aliphatic heterocycles. The number of amides is 1. The van der Waals surface area contributed by atoms with E-state index in [1.165, 1.54) is 12.1 Å². The lowest BCUT2D eigenvalue weighted by molar-refractivity contribution is -0.117. The second-order valence-electron chi connectivity index (χ2n) is 4.77. The highest BCUT2D eigenvalue weighted by atomic mass is 16.4. The Morgan fingerprint density at radius 3 is 2.42 bits per heavy atom. The summed E-state index contributed by atoms with van der Waals surface area (Å²) in [4.78, 5) is 22.8. The first kappa shape index (κ1) is 15.2. The fourth-order valence-corrected chi connectivity index (χ4v) is 1.93. The van der Waals surface area contributed by atoms with Crippen LogP contribution in [0.3, 0.4) is 0 Å². The maximum absolute atomic E-state index is 11.9. The van der Waals surface area contributed by atoms with E-state index in [1.807, 2.05) is 6.92 Å². The molecule has 0 saturated heterocycles. The lowest BCUT2D eigenvalue weighted by Crippen LogP contribution is -2.17.